The second-order valence-corrected chi connectivity index (χ2v) is 9.08. The lowest BCUT2D eigenvalue weighted by molar-refractivity contribution is -0.161. The number of carbonyl (C=O) groups excluding carboxylic acids is 2. The molecule has 0 aromatic rings. The van der Waals surface area contributed by atoms with E-state index in [1.807, 2.05) is 27.7 Å². The highest BCUT2D eigenvalue weighted by molar-refractivity contribution is 5.73. The van der Waals surface area contributed by atoms with Gasteiger partial charge < -0.3 is 24.1 Å². The molecule has 2 aliphatic rings. The van der Waals surface area contributed by atoms with Gasteiger partial charge in [-0.25, -0.2) is 0 Å². The number of hydrogen-bond acceptors (Lipinski definition) is 7. The first-order valence-electron chi connectivity index (χ1n) is 12.1. The third kappa shape index (κ3) is 7.72. The first kappa shape index (κ1) is 26.1. The summed E-state index contributed by atoms with van der Waals surface area (Å²) in [7, 11) is 0. The second kappa shape index (κ2) is 12.8. The minimum Gasteiger partial charge on any atom is -0.466 e. The predicted octanol–water partition coefficient (Wildman–Crippen LogP) is 3.79. The summed E-state index contributed by atoms with van der Waals surface area (Å²) < 4.78 is 23.0. The Bertz CT molecular complexity index is 566. The topological polar surface area (TPSA) is 91.3 Å². The van der Waals surface area contributed by atoms with Crippen molar-refractivity contribution in [2.75, 3.05) is 6.61 Å². The van der Waals surface area contributed by atoms with E-state index in [2.05, 4.69) is 0 Å². The molecule has 0 aliphatic carbocycles. The zero-order valence-corrected chi connectivity index (χ0v) is 19.9. The average Bonchev–Trinajstić information content (AvgIpc) is 3.41. The zero-order chi connectivity index (χ0) is 23.0. The Morgan fingerprint density at radius 2 is 1.42 bits per heavy atom. The van der Waals surface area contributed by atoms with Crippen molar-refractivity contribution in [2.45, 2.75) is 123 Å². The van der Waals surface area contributed by atoms with Crippen LogP contribution in [-0.4, -0.2) is 60.3 Å². The first-order chi connectivity index (χ1) is 14.8. The highest BCUT2D eigenvalue weighted by Gasteiger charge is 2.37. The molecule has 8 atom stereocenters. The summed E-state index contributed by atoms with van der Waals surface area (Å²) in [4.78, 5) is 24.7. The van der Waals surface area contributed by atoms with Crippen LogP contribution in [0.5, 0.6) is 0 Å². The minimum absolute atomic E-state index is 0.0161. The molecular weight excluding hydrogens is 400 g/mol. The summed E-state index contributed by atoms with van der Waals surface area (Å²) >= 11 is 0. The van der Waals surface area contributed by atoms with Crippen molar-refractivity contribution in [3.8, 4) is 0 Å². The largest absolute Gasteiger partial charge is 0.466 e. The number of ether oxygens (including phenoxy) is 4. The fourth-order valence-corrected chi connectivity index (χ4v) is 4.46. The van der Waals surface area contributed by atoms with Crippen molar-refractivity contribution in [1.29, 1.82) is 0 Å². The van der Waals surface area contributed by atoms with E-state index in [1.165, 1.54) is 0 Å². The molecular formula is C24H42O7. The molecule has 7 nitrogen and oxygen atoms in total. The molecule has 2 rings (SSSR count). The number of rotatable bonds is 12. The molecule has 31 heavy (non-hydrogen) atoms. The van der Waals surface area contributed by atoms with E-state index < -0.39 is 0 Å². The molecule has 0 aromatic carbocycles. The van der Waals surface area contributed by atoms with Crippen LogP contribution in [0, 0.1) is 11.8 Å². The summed E-state index contributed by atoms with van der Waals surface area (Å²) in [6, 6.07) is 0. The zero-order valence-electron chi connectivity index (χ0n) is 19.9. The maximum Gasteiger partial charge on any atom is 0.311 e. The van der Waals surface area contributed by atoms with Gasteiger partial charge in [0.1, 0.15) is 6.10 Å². The first-order valence-corrected chi connectivity index (χ1v) is 12.1. The van der Waals surface area contributed by atoms with Crippen LogP contribution in [0.15, 0.2) is 0 Å². The monoisotopic (exact) mass is 442 g/mol. The molecule has 1 N–H and O–H groups in total. The van der Waals surface area contributed by atoms with E-state index >= 15 is 0 Å². The van der Waals surface area contributed by atoms with Crippen molar-refractivity contribution in [3.05, 3.63) is 0 Å². The Morgan fingerprint density at radius 1 is 0.871 bits per heavy atom. The fourth-order valence-electron chi connectivity index (χ4n) is 4.46. The van der Waals surface area contributed by atoms with Gasteiger partial charge in [-0.2, -0.15) is 0 Å². The van der Waals surface area contributed by atoms with Crippen LogP contribution in [0.3, 0.4) is 0 Å². The lowest BCUT2D eigenvalue weighted by Crippen LogP contribution is -2.33. The Hall–Kier alpha value is -1.18. The van der Waals surface area contributed by atoms with Gasteiger partial charge in [0.15, 0.2) is 0 Å². The summed E-state index contributed by atoms with van der Waals surface area (Å²) in [5.41, 5.74) is 0. The van der Waals surface area contributed by atoms with Crippen LogP contribution in [0.2, 0.25) is 0 Å². The van der Waals surface area contributed by atoms with Crippen molar-refractivity contribution >= 4 is 11.9 Å². The van der Waals surface area contributed by atoms with Crippen LogP contribution < -0.4 is 0 Å². The van der Waals surface area contributed by atoms with Gasteiger partial charge in [-0.15, -0.1) is 0 Å². The quantitative estimate of drug-likeness (QED) is 0.460. The van der Waals surface area contributed by atoms with Crippen molar-refractivity contribution in [2.24, 2.45) is 11.8 Å². The van der Waals surface area contributed by atoms with E-state index in [1.54, 1.807) is 6.92 Å². The van der Waals surface area contributed by atoms with Crippen LogP contribution in [0.4, 0.5) is 0 Å². The van der Waals surface area contributed by atoms with Crippen molar-refractivity contribution in [3.63, 3.8) is 0 Å². The number of esters is 2. The molecule has 2 aliphatic heterocycles. The van der Waals surface area contributed by atoms with E-state index in [-0.39, 0.29) is 60.4 Å². The number of aliphatic hydroxyl groups is 1. The van der Waals surface area contributed by atoms with Gasteiger partial charge in [0.2, 0.25) is 0 Å². The van der Waals surface area contributed by atoms with Gasteiger partial charge in [0.05, 0.1) is 49.0 Å². The van der Waals surface area contributed by atoms with E-state index in [0.717, 1.165) is 25.7 Å². The maximum absolute atomic E-state index is 12.7. The van der Waals surface area contributed by atoms with Crippen molar-refractivity contribution in [1.82, 2.24) is 0 Å². The molecule has 8 unspecified atom stereocenters. The summed E-state index contributed by atoms with van der Waals surface area (Å²) in [5, 5.41) is 9.84. The molecule has 0 aromatic heterocycles. The lowest BCUT2D eigenvalue weighted by atomic mass is 10.00. The Morgan fingerprint density at radius 3 is 1.94 bits per heavy atom. The van der Waals surface area contributed by atoms with Gasteiger partial charge >= 0.3 is 11.9 Å². The molecule has 2 fully saturated rings. The number of hydrogen-bond donors (Lipinski definition) is 1. The Kier molecular flexibility index (Phi) is 10.7. The normalized spacial score (nSPS) is 29.9. The smallest absolute Gasteiger partial charge is 0.311 e. The van der Waals surface area contributed by atoms with Crippen LogP contribution in [0.1, 0.15) is 86.0 Å². The molecule has 0 spiro atoms. The SMILES string of the molecule is CCOC(=O)C(C)C1CCC(CC(CC)OC(=O)C(C)C2CCC(CC(O)CC)O2)O1. The van der Waals surface area contributed by atoms with E-state index in [0.29, 0.717) is 32.3 Å². The molecule has 180 valence electrons. The molecule has 0 amide bonds. The highest BCUT2D eigenvalue weighted by Crippen LogP contribution is 2.31. The summed E-state index contributed by atoms with van der Waals surface area (Å²) in [6.07, 6.45) is 5.17. The van der Waals surface area contributed by atoms with Gasteiger partial charge in [-0.1, -0.05) is 13.8 Å². The molecule has 2 heterocycles. The third-order valence-corrected chi connectivity index (χ3v) is 6.70. The molecule has 0 saturated carbocycles. The third-order valence-electron chi connectivity index (χ3n) is 6.70. The molecule has 0 bridgehead atoms. The van der Waals surface area contributed by atoms with Gasteiger partial charge in [0.25, 0.3) is 0 Å². The van der Waals surface area contributed by atoms with Gasteiger partial charge in [-0.05, 0) is 65.7 Å². The lowest BCUT2D eigenvalue weighted by Gasteiger charge is -2.25. The Balaban J connectivity index is 1.78. The highest BCUT2D eigenvalue weighted by atomic mass is 16.6. The average molecular weight is 443 g/mol. The molecule has 7 heteroatoms. The molecule has 2 saturated heterocycles. The summed E-state index contributed by atoms with van der Waals surface area (Å²) in [5.74, 6) is -1.07. The van der Waals surface area contributed by atoms with Crippen LogP contribution in [0.25, 0.3) is 0 Å². The van der Waals surface area contributed by atoms with Crippen LogP contribution in [-0.2, 0) is 28.5 Å². The van der Waals surface area contributed by atoms with Gasteiger partial charge in [-0.3, -0.25) is 9.59 Å². The van der Waals surface area contributed by atoms with Crippen LogP contribution >= 0.6 is 0 Å². The Labute approximate surface area is 187 Å². The number of carbonyl (C=O) groups is 2. The fraction of sp³-hybridized carbons (Fsp3) is 0.917. The minimum atomic E-state index is -0.350. The maximum atomic E-state index is 12.7. The second-order valence-electron chi connectivity index (χ2n) is 9.08. The van der Waals surface area contributed by atoms with E-state index in [4.69, 9.17) is 18.9 Å². The van der Waals surface area contributed by atoms with Gasteiger partial charge in [0, 0.05) is 6.42 Å². The predicted molar refractivity (Wildman–Crippen MR) is 116 cm³/mol. The molecule has 0 radical (unpaired) electrons. The van der Waals surface area contributed by atoms with E-state index in [9.17, 15) is 14.7 Å². The number of aliphatic hydroxyl groups excluding tert-OH is 1. The van der Waals surface area contributed by atoms with Crippen molar-refractivity contribution < 1.29 is 33.6 Å². The summed E-state index contributed by atoms with van der Waals surface area (Å²) in [6.45, 7) is 9.84. The standard InChI is InChI=1S/C24H42O7/c1-6-17(25)13-19-9-11-22(29-19)16(5)24(27)31-18(7-2)14-20-10-12-21(30-20)15(4)23(26)28-8-3/h15-22,25H,6-14H2,1-5H3.